The van der Waals surface area contributed by atoms with Gasteiger partial charge in [0.2, 0.25) is 5.91 Å². The molecule has 0 N–H and O–H groups in total. The summed E-state index contributed by atoms with van der Waals surface area (Å²) in [5.74, 6) is 0.887. The molecule has 0 spiro atoms. The van der Waals surface area contributed by atoms with Crippen molar-refractivity contribution in [3.8, 4) is 0 Å². The molecule has 0 unspecified atom stereocenters. The second kappa shape index (κ2) is 6.47. The van der Waals surface area contributed by atoms with E-state index in [9.17, 15) is 14.9 Å². The van der Waals surface area contributed by atoms with Gasteiger partial charge in [0.25, 0.3) is 5.69 Å². The van der Waals surface area contributed by atoms with Crippen LogP contribution in [-0.2, 0) is 11.2 Å². The summed E-state index contributed by atoms with van der Waals surface area (Å²) in [5.41, 5.74) is 0.513. The van der Waals surface area contributed by atoms with Gasteiger partial charge in [0, 0.05) is 35.2 Å². The molecule has 21 heavy (non-hydrogen) atoms. The second-order valence-electron chi connectivity index (χ2n) is 5.80. The molecule has 2 rings (SSSR count). The van der Waals surface area contributed by atoms with Crippen LogP contribution in [0.4, 0.5) is 5.69 Å². The van der Waals surface area contributed by atoms with Crippen molar-refractivity contribution in [2.75, 3.05) is 18.8 Å². The number of hydrogen-bond donors (Lipinski definition) is 0. The van der Waals surface area contributed by atoms with Gasteiger partial charge in [-0.1, -0.05) is 32.0 Å². The molecule has 0 aromatic heterocycles. The maximum absolute atomic E-state index is 12.4. The van der Waals surface area contributed by atoms with Gasteiger partial charge >= 0.3 is 0 Å². The molecular formula is C15H20N2O3S. The van der Waals surface area contributed by atoms with E-state index in [4.69, 9.17) is 0 Å². The van der Waals surface area contributed by atoms with E-state index in [0.29, 0.717) is 12.1 Å². The average Bonchev–Trinajstić information content (AvgIpc) is 2.60. The van der Waals surface area contributed by atoms with Gasteiger partial charge in [0.1, 0.15) is 0 Å². The van der Waals surface area contributed by atoms with Crippen LogP contribution >= 0.6 is 11.8 Å². The van der Waals surface area contributed by atoms with Crippen molar-refractivity contribution in [2.24, 2.45) is 0 Å². The van der Waals surface area contributed by atoms with Gasteiger partial charge in [-0.2, -0.15) is 11.8 Å². The Bertz CT molecular complexity index is 545. The van der Waals surface area contributed by atoms with E-state index in [1.165, 1.54) is 6.07 Å². The normalized spacial score (nSPS) is 18.1. The number of hydrogen-bond acceptors (Lipinski definition) is 4. The van der Waals surface area contributed by atoms with E-state index in [2.05, 4.69) is 13.8 Å². The number of rotatable bonds is 3. The van der Waals surface area contributed by atoms with Gasteiger partial charge in [-0.05, 0) is 6.42 Å². The van der Waals surface area contributed by atoms with Crippen molar-refractivity contribution in [3.05, 3.63) is 39.9 Å². The smallest absolute Gasteiger partial charge is 0.273 e. The highest BCUT2D eigenvalue weighted by molar-refractivity contribution is 8.00. The molecule has 1 aliphatic heterocycles. The average molecular weight is 308 g/mol. The predicted octanol–water partition coefficient (Wildman–Crippen LogP) is 2.88. The maximum Gasteiger partial charge on any atom is 0.273 e. The van der Waals surface area contributed by atoms with Crippen molar-refractivity contribution in [2.45, 2.75) is 31.4 Å². The van der Waals surface area contributed by atoms with Crippen molar-refractivity contribution >= 4 is 23.4 Å². The number of thioether (sulfide) groups is 1. The monoisotopic (exact) mass is 308 g/mol. The van der Waals surface area contributed by atoms with Gasteiger partial charge in [-0.3, -0.25) is 14.9 Å². The molecule has 1 aromatic rings. The first-order valence-electron chi connectivity index (χ1n) is 7.03. The van der Waals surface area contributed by atoms with Crippen LogP contribution in [0, 0.1) is 10.1 Å². The van der Waals surface area contributed by atoms with Gasteiger partial charge in [-0.25, -0.2) is 0 Å². The quantitative estimate of drug-likeness (QED) is 0.636. The third-order valence-electron chi connectivity index (χ3n) is 3.72. The Morgan fingerprint density at radius 1 is 1.38 bits per heavy atom. The zero-order valence-corrected chi connectivity index (χ0v) is 13.2. The van der Waals surface area contributed by atoms with Gasteiger partial charge < -0.3 is 4.90 Å². The van der Waals surface area contributed by atoms with Crippen LogP contribution in [0.2, 0.25) is 0 Å². The van der Waals surface area contributed by atoms with Crippen LogP contribution in [-0.4, -0.2) is 39.3 Å². The highest BCUT2D eigenvalue weighted by Crippen LogP contribution is 2.31. The molecule has 0 aliphatic carbocycles. The number of nitro groups is 1. The van der Waals surface area contributed by atoms with E-state index < -0.39 is 4.92 Å². The molecular weight excluding hydrogens is 288 g/mol. The minimum atomic E-state index is -0.427. The Morgan fingerprint density at radius 3 is 2.81 bits per heavy atom. The highest BCUT2D eigenvalue weighted by atomic mass is 32.2. The maximum atomic E-state index is 12.4. The SMILES string of the molecule is CC1(C)CCN(C(=O)Cc2ccccc2[N+](=O)[O-])CCS1. The summed E-state index contributed by atoms with van der Waals surface area (Å²) in [5, 5.41) is 11.0. The Morgan fingerprint density at radius 2 is 2.10 bits per heavy atom. The van der Waals surface area contributed by atoms with Gasteiger partial charge in [0.15, 0.2) is 0 Å². The van der Waals surface area contributed by atoms with Crippen molar-refractivity contribution < 1.29 is 9.72 Å². The van der Waals surface area contributed by atoms with Crippen LogP contribution < -0.4 is 0 Å². The zero-order valence-electron chi connectivity index (χ0n) is 12.4. The van der Waals surface area contributed by atoms with E-state index >= 15 is 0 Å². The highest BCUT2D eigenvalue weighted by Gasteiger charge is 2.26. The minimum absolute atomic E-state index is 0.0235. The largest absolute Gasteiger partial charge is 0.342 e. The number of amides is 1. The fraction of sp³-hybridized carbons (Fsp3) is 0.533. The number of benzene rings is 1. The summed E-state index contributed by atoms with van der Waals surface area (Å²) in [6.07, 6.45) is 1.04. The third-order valence-corrected chi connectivity index (χ3v) is 5.09. The lowest BCUT2D eigenvalue weighted by Gasteiger charge is -2.22. The molecule has 1 saturated heterocycles. The van der Waals surface area contributed by atoms with Gasteiger partial charge in [0.05, 0.1) is 11.3 Å². The second-order valence-corrected chi connectivity index (χ2v) is 7.60. The first-order valence-corrected chi connectivity index (χ1v) is 8.02. The molecule has 1 heterocycles. The molecule has 1 aromatic carbocycles. The van der Waals surface area contributed by atoms with Crippen LogP contribution in [0.3, 0.4) is 0 Å². The van der Waals surface area contributed by atoms with Crippen LogP contribution in [0.5, 0.6) is 0 Å². The predicted molar refractivity (Wildman–Crippen MR) is 84.5 cm³/mol. The molecule has 0 bridgehead atoms. The van der Waals surface area contributed by atoms with E-state index in [1.54, 1.807) is 18.2 Å². The summed E-state index contributed by atoms with van der Waals surface area (Å²) in [4.78, 5) is 24.8. The topological polar surface area (TPSA) is 63.5 Å². The van der Waals surface area contributed by atoms with Crippen LogP contribution in [0.15, 0.2) is 24.3 Å². The standard InChI is InChI=1S/C15H20N2O3S/c1-15(2)7-8-16(9-10-21-15)14(18)11-12-5-3-4-6-13(12)17(19)20/h3-6H,7-11H2,1-2H3. The summed E-state index contributed by atoms with van der Waals surface area (Å²) >= 11 is 1.87. The molecule has 1 amide bonds. The Labute approximate surface area is 128 Å². The molecule has 1 aliphatic rings. The number of nitrogens with zero attached hydrogens (tertiary/aromatic N) is 2. The van der Waals surface area contributed by atoms with Crippen molar-refractivity contribution in [3.63, 3.8) is 0 Å². The fourth-order valence-electron chi connectivity index (χ4n) is 2.38. The number of carbonyl (C=O) groups is 1. The van der Waals surface area contributed by atoms with E-state index in [1.807, 2.05) is 16.7 Å². The summed E-state index contributed by atoms with van der Waals surface area (Å²) in [7, 11) is 0. The summed E-state index contributed by atoms with van der Waals surface area (Å²) in [6, 6.07) is 6.46. The Hall–Kier alpha value is -1.56. The number of nitro benzene ring substituents is 1. The first kappa shape index (κ1) is 15.8. The lowest BCUT2D eigenvalue weighted by molar-refractivity contribution is -0.385. The third kappa shape index (κ3) is 4.20. The molecule has 0 atom stereocenters. The lowest BCUT2D eigenvalue weighted by atomic mass is 10.1. The molecule has 1 fully saturated rings. The van der Waals surface area contributed by atoms with Crippen molar-refractivity contribution in [1.29, 1.82) is 0 Å². The molecule has 0 saturated carbocycles. The molecule has 6 heteroatoms. The van der Waals surface area contributed by atoms with Crippen LogP contribution in [0.1, 0.15) is 25.8 Å². The molecule has 114 valence electrons. The van der Waals surface area contributed by atoms with Crippen molar-refractivity contribution in [1.82, 2.24) is 4.90 Å². The Balaban J connectivity index is 2.06. The minimum Gasteiger partial charge on any atom is -0.342 e. The Kier molecular flexibility index (Phi) is 4.88. The van der Waals surface area contributed by atoms with E-state index in [-0.39, 0.29) is 22.8 Å². The first-order chi connectivity index (χ1) is 9.89. The number of para-hydroxylation sites is 1. The summed E-state index contributed by atoms with van der Waals surface area (Å²) < 4.78 is 0.188. The fourth-order valence-corrected chi connectivity index (χ4v) is 3.48. The van der Waals surface area contributed by atoms with Crippen LogP contribution in [0.25, 0.3) is 0 Å². The summed E-state index contributed by atoms with van der Waals surface area (Å²) in [6.45, 7) is 5.81. The molecule has 5 nitrogen and oxygen atoms in total. The van der Waals surface area contributed by atoms with E-state index in [0.717, 1.165) is 18.7 Å². The van der Waals surface area contributed by atoms with Gasteiger partial charge in [-0.15, -0.1) is 0 Å². The number of carbonyl (C=O) groups excluding carboxylic acids is 1. The lowest BCUT2D eigenvalue weighted by Crippen LogP contribution is -2.34. The zero-order chi connectivity index (χ0) is 15.5. The molecule has 0 radical (unpaired) electrons.